The molecular formula is C38H29N5S. The number of aromatic nitrogens is 2. The number of benzene rings is 5. The van der Waals surface area contributed by atoms with Crippen LogP contribution in [0.1, 0.15) is 23.6 Å². The molecule has 1 unspecified atom stereocenters. The number of aliphatic imine (C=N–C) groups is 2. The summed E-state index contributed by atoms with van der Waals surface area (Å²) in [6.45, 7) is 2.12. The molecule has 2 N–H and O–H groups in total. The quantitative estimate of drug-likeness (QED) is 0.156. The second kappa shape index (κ2) is 11.7. The van der Waals surface area contributed by atoms with Crippen LogP contribution in [0.15, 0.2) is 150 Å². The second-order valence-electron chi connectivity index (χ2n) is 10.7. The van der Waals surface area contributed by atoms with Crippen LogP contribution in [0.2, 0.25) is 0 Å². The lowest BCUT2D eigenvalue weighted by Gasteiger charge is -2.28. The zero-order valence-electron chi connectivity index (χ0n) is 24.1. The zero-order chi connectivity index (χ0) is 29.9. The maximum atomic E-state index is 5.76. The van der Waals surface area contributed by atoms with Gasteiger partial charge in [0.05, 0.1) is 6.34 Å². The molecule has 0 saturated carbocycles. The van der Waals surface area contributed by atoms with Crippen LogP contribution >= 0.6 is 11.3 Å². The third kappa shape index (κ3) is 5.16. The van der Waals surface area contributed by atoms with Gasteiger partial charge in [-0.05, 0) is 35.2 Å². The average molecular weight is 588 g/mol. The van der Waals surface area contributed by atoms with Crippen LogP contribution in [0, 0.1) is 0 Å². The predicted octanol–water partition coefficient (Wildman–Crippen LogP) is 8.88. The number of hydrogen-bond donors (Lipinski definition) is 1. The van der Waals surface area contributed by atoms with Gasteiger partial charge >= 0.3 is 0 Å². The Balaban J connectivity index is 1.21. The molecule has 44 heavy (non-hydrogen) atoms. The number of nitrogens with zero attached hydrogens (tertiary/aromatic N) is 4. The Morgan fingerprint density at radius 1 is 0.682 bits per heavy atom. The monoisotopic (exact) mass is 587 g/mol. The molecule has 6 heteroatoms. The first kappa shape index (κ1) is 27.4. The van der Waals surface area contributed by atoms with Crippen LogP contribution in [-0.2, 0) is 5.54 Å². The predicted molar refractivity (Wildman–Crippen MR) is 184 cm³/mol. The van der Waals surface area contributed by atoms with Crippen molar-refractivity contribution < 1.29 is 0 Å². The summed E-state index contributed by atoms with van der Waals surface area (Å²) in [5.41, 5.74) is 11.3. The number of amidine groups is 1. The van der Waals surface area contributed by atoms with Gasteiger partial charge < -0.3 is 5.73 Å². The fourth-order valence-corrected chi connectivity index (χ4v) is 6.59. The number of hydrogen-bond acceptors (Lipinski definition) is 4. The van der Waals surface area contributed by atoms with Gasteiger partial charge in [0.2, 0.25) is 0 Å². The van der Waals surface area contributed by atoms with Crippen molar-refractivity contribution in [2.24, 2.45) is 15.7 Å². The molecule has 5 aromatic carbocycles. The largest absolute Gasteiger partial charge is 0.390 e. The van der Waals surface area contributed by atoms with E-state index >= 15 is 0 Å². The van der Waals surface area contributed by atoms with Gasteiger partial charge in [-0.3, -0.25) is 0 Å². The first-order valence-corrected chi connectivity index (χ1v) is 15.2. The van der Waals surface area contributed by atoms with Gasteiger partial charge in [-0.2, -0.15) is 0 Å². The van der Waals surface area contributed by atoms with Gasteiger partial charge in [0, 0.05) is 32.8 Å². The summed E-state index contributed by atoms with van der Waals surface area (Å²) < 4.78 is 1.23. The summed E-state index contributed by atoms with van der Waals surface area (Å²) in [5, 5.41) is 2.30. The van der Waals surface area contributed by atoms with Gasteiger partial charge in [0.15, 0.2) is 11.7 Å². The highest BCUT2D eigenvalue weighted by Crippen LogP contribution is 2.36. The summed E-state index contributed by atoms with van der Waals surface area (Å²) in [4.78, 5) is 20.3. The standard InChI is InChI=1S/C38H29N5S/c1-38(30-12-6-3-7-13-30,43-36(41-25-39)28-10-4-2-5-11-28)31-22-20-27(21-23-31)26-16-18-29(19-17-26)35-40-24-33-32-14-8-9-15-34(32)44-37(33)42-35/h2-25H,1H3,(H2,39,41,43). The summed E-state index contributed by atoms with van der Waals surface area (Å²) in [7, 11) is 0. The Labute approximate surface area is 260 Å². The SMILES string of the molecule is CC(N=C(N=CN)c1ccccc1)(c1ccccc1)c1ccc(-c2ccc(-c3ncc4c(n3)sc3ccccc34)cc2)cc1. The molecule has 5 nitrogen and oxygen atoms in total. The topological polar surface area (TPSA) is 76.5 Å². The Hall–Kier alpha value is -5.46. The number of nitrogens with two attached hydrogens (primary N) is 1. The summed E-state index contributed by atoms with van der Waals surface area (Å²) in [6.07, 6.45) is 3.24. The van der Waals surface area contributed by atoms with Crippen molar-refractivity contribution >= 4 is 43.8 Å². The smallest absolute Gasteiger partial charge is 0.160 e. The first-order chi connectivity index (χ1) is 21.6. The van der Waals surface area contributed by atoms with Crippen LogP contribution in [0.4, 0.5) is 0 Å². The lowest BCUT2D eigenvalue weighted by molar-refractivity contribution is 0.606. The second-order valence-corrected chi connectivity index (χ2v) is 11.7. The Morgan fingerprint density at radius 2 is 1.27 bits per heavy atom. The fraction of sp³-hybridized carbons (Fsp3) is 0.0526. The lowest BCUT2D eigenvalue weighted by Crippen LogP contribution is -2.23. The van der Waals surface area contributed by atoms with Crippen LogP contribution in [0.5, 0.6) is 0 Å². The molecule has 0 fully saturated rings. The molecule has 2 aromatic heterocycles. The lowest BCUT2D eigenvalue weighted by atomic mass is 9.84. The normalized spacial score (nSPS) is 13.4. The number of thiophene rings is 1. The molecule has 7 aromatic rings. The highest BCUT2D eigenvalue weighted by atomic mass is 32.1. The Kier molecular flexibility index (Phi) is 7.26. The van der Waals surface area contributed by atoms with Gasteiger partial charge in [-0.15, -0.1) is 11.3 Å². The highest BCUT2D eigenvalue weighted by Gasteiger charge is 2.29. The van der Waals surface area contributed by atoms with Gasteiger partial charge in [-0.1, -0.05) is 127 Å². The van der Waals surface area contributed by atoms with E-state index in [0.29, 0.717) is 5.84 Å². The van der Waals surface area contributed by atoms with Crippen molar-refractivity contribution in [1.29, 1.82) is 0 Å². The maximum Gasteiger partial charge on any atom is 0.160 e. The molecule has 1 atom stereocenters. The maximum absolute atomic E-state index is 5.76. The van der Waals surface area contributed by atoms with Crippen molar-refractivity contribution in [2.45, 2.75) is 12.5 Å². The van der Waals surface area contributed by atoms with Crippen LogP contribution < -0.4 is 5.73 Å². The van der Waals surface area contributed by atoms with E-state index in [1.54, 1.807) is 11.3 Å². The van der Waals surface area contributed by atoms with Crippen LogP contribution in [-0.4, -0.2) is 22.1 Å². The molecule has 0 aliphatic heterocycles. The van der Waals surface area contributed by atoms with E-state index in [1.807, 2.05) is 54.7 Å². The minimum atomic E-state index is -0.691. The van der Waals surface area contributed by atoms with Crippen molar-refractivity contribution in [3.05, 3.63) is 156 Å². The Bertz CT molecular complexity index is 2120. The average Bonchev–Trinajstić information content (AvgIpc) is 3.47. The van der Waals surface area contributed by atoms with E-state index in [9.17, 15) is 0 Å². The minimum absolute atomic E-state index is 0.579. The molecule has 0 radical (unpaired) electrons. The van der Waals surface area contributed by atoms with Gasteiger partial charge in [0.25, 0.3) is 0 Å². The molecule has 0 bridgehead atoms. The first-order valence-electron chi connectivity index (χ1n) is 14.4. The van der Waals surface area contributed by atoms with Crippen molar-refractivity contribution in [3.63, 3.8) is 0 Å². The van der Waals surface area contributed by atoms with Gasteiger partial charge in [0.1, 0.15) is 10.4 Å². The highest BCUT2D eigenvalue weighted by molar-refractivity contribution is 7.25. The van der Waals surface area contributed by atoms with Gasteiger partial charge in [-0.25, -0.2) is 20.0 Å². The van der Waals surface area contributed by atoms with E-state index < -0.39 is 5.54 Å². The van der Waals surface area contributed by atoms with E-state index in [2.05, 4.69) is 96.8 Å². The summed E-state index contributed by atoms with van der Waals surface area (Å²) >= 11 is 1.70. The van der Waals surface area contributed by atoms with E-state index in [1.165, 1.54) is 16.4 Å². The third-order valence-corrected chi connectivity index (χ3v) is 9.04. The molecule has 212 valence electrons. The fourth-order valence-electron chi connectivity index (χ4n) is 5.55. The summed E-state index contributed by atoms with van der Waals surface area (Å²) in [5.74, 6) is 1.31. The van der Waals surface area contributed by atoms with Crippen molar-refractivity contribution in [1.82, 2.24) is 9.97 Å². The minimum Gasteiger partial charge on any atom is -0.390 e. The van der Waals surface area contributed by atoms with Crippen LogP contribution in [0.3, 0.4) is 0 Å². The van der Waals surface area contributed by atoms with E-state index in [0.717, 1.165) is 49.4 Å². The third-order valence-electron chi connectivity index (χ3n) is 7.96. The molecule has 0 aliphatic rings. The molecule has 2 heterocycles. The Morgan fingerprint density at radius 3 is 1.98 bits per heavy atom. The van der Waals surface area contributed by atoms with Crippen molar-refractivity contribution in [3.8, 4) is 22.5 Å². The molecular weight excluding hydrogens is 559 g/mol. The number of rotatable bonds is 6. The van der Waals surface area contributed by atoms with E-state index in [-0.39, 0.29) is 0 Å². The van der Waals surface area contributed by atoms with Crippen LogP contribution in [0.25, 0.3) is 42.8 Å². The molecule has 7 rings (SSSR count). The molecule has 0 saturated heterocycles. The number of fused-ring (bicyclic) bond motifs is 3. The molecule has 0 spiro atoms. The summed E-state index contributed by atoms with van der Waals surface area (Å²) in [6, 6.07) is 45.6. The van der Waals surface area contributed by atoms with E-state index in [4.69, 9.17) is 20.7 Å². The molecule has 0 amide bonds. The molecule has 0 aliphatic carbocycles. The van der Waals surface area contributed by atoms with Crippen molar-refractivity contribution in [2.75, 3.05) is 0 Å². The zero-order valence-corrected chi connectivity index (χ0v) is 24.9.